The minimum atomic E-state index is -0.801. The number of carbonyl (C=O) groups is 2. The van der Waals surface area contributed by atoms with E-state index in [1.165, 1.54) is 0 Å². The Morgan fingerprint density at radius 1 is 1.07 bits per heavy atom. The van der Waals surface area contributed by atoms with E-state index in [0.717, 1.165) is 13.0 Å². The number of aliphatic carboxylic acids is 1. The zero-order valence-corrected chi connectivity index (χ0v) is 9.21. The van der Waals surface area contributed by atoms with Gasteiger partial charge in [-0.25, -0.2) is 0 Å². The molecule has 0 atom stereocenters. The SMILES string of the molecule is CNCCCNC(=O)CCCCC(=O)O. The molecule has 5 heteroatoms. The van der Waals surface area contributed by atoms with Crippen LogP contribution in [0.3, 0.4) is 0 Å². The summed E-state index contributed by atoms with van der Waals surface area (Å²) < 4.78 is 0. The molecule has 0 saturated heterocycles. The van der Waals surface area contributed by atoms with Crippen molar-refractivity contribution in [3.05, 3.63) is 0 Å². The maximum atomic E-state index is 11.2. The number of hydrogen-bond acceptors (Lipinski definition) is 3. The molecule has 0 aromatic heterocycles. The largest absolute Gasteiger partial charge is 0.481 e. The zero-order valence-electron chi connectivity index (χ0n) is 9.21. The van der Waals surface area contributed by atoms with Crippen molar-refractivity contribution in [2.24, 2.45) is 0 Å². The number of nitrogens with one attached hydrogen (secondary N) is 2. The van der Waals surface area contributed by atoms with Crippen molar-refractivity contribution in [3.63, 3.8) is 0 Å². The minimum absolute atomic E-state index is 0.0106. The quantitative estimate of drug-likeness (QED) is 0.486. The van der Waals surface area contributed by atoms with Crippen LogP contribution < -0.4 is 10.6 Å². The maximum Gasteiger partial charge on any atom is 0.303 e. The fourth-order valence-corrected chi connectivity index (χ4v) is 1.14. The predicted molar refractivity (Wildman–Crippen MR) is 57.7 cm³/mol. The van der Waals surface area contributed by atoms with Crippen LogP contribution in [0.2, 0.25) is 0 Å². The number of carbonyl (C=O) groups excluding carboxylic acids is 1. The molecule has 0 heterocycles. The predicted octanol–water partition coefficient (Wildman–Crippen LogP) is 0.357. The van der Waals surface area contributed by atoms with Gasteiger partial charge in [0.05, 0.1) is 0 Å². The van der Waals surface area contributed by atoms with E-state index < -0.39 is 5.97 Å². The van der Waals surface area contributed by atoms with Gasteiger partial charge in [0.25, 0.3) is 0 Å². The van der Waals surface area contributed by atoms with Crippen LogP contribution >= 0.6 is 0 Å². The Morgan fingerprint density at radius 2 is 1.73 bits per heavy atom. The highest BCUT2D eigenvalue weighted by atomic mass is 16.4. The van der Waals surface area contributed by atoms with E-state index in [-0.39, 0.29) is 12.3 Å². The van der Waals surface area contributed by atoms with Gasteiger partial charge in [-0.3, -0.25) is 9.59 Å². The van der Waals surface area contributed by atoms with E-state index in [1.807, 2.05) is 7.05 Å². The number of rotatable bonds is 9. The van der Waals surface area contributed by atoms with Gasteiger partial charge < -0.3 is 15.7 Å². The minimum Gasteiger partial charge on any atom is -0.481 e. The first kappa shape index (κ1) is 13.9. The Balaban J connectivity index is 3.22. The van der Waals surface area contributed by atoms with Crippen LogP contribution in [0.5, 0.6) is 0 Å². The van der Waals surface area contributed by atoms with Gasteiger partial charge in [0.2, 0.25) is 5.91 Å². The second-order valence-corrected chi connectivity index (χ2v) is 3.41. The standard InChI is InChI=1S/C10H20N2O3/c1-11-7-4-8-12-9(13)5-2-3-6-10(14)15/h11H,2-8H2,1H3,(H,12,13)(H,14,15). The molecule has 0 aliphatic rings. The van der Waals surface area contributed by atoms with Crippen LogP contribution in [-0.2, 0) is 9.59 Å². The van der Waals surface area contributed by atoms with Crippen LogP contribution in [0.25, 0.3) is 0 Å². The summed E-state index contributed by atoms with van der Waals surface area (Å²) in [7, 11) is 1.87. The van der Waals surface area contributed by atoms with E-state index in [4.69, 9.17) is 5.11 Å². The van der Waals surface area contributed by atoms with Gasteiger partial charge in [-0.15, -0.1) is 0 Å². The van der Waals surface area contributed by atoms with Gasteiger partial charge >= 0.3 is 5.97 Å². The topological polar surface area (TPSA) is 78.4 Å². The molecule has 0 spiro atoms. The first-order valence-electron chi connectivity index (χ1n) is 5.30. The van der Waals surface area contributed by atoms with Crippen molar-refractivity contribution in [1.82, 2.24) is 10.6 Å². The van der Waals surface area contributed by atoms with E-state index in [2.05, 4.69) is 10.6 Å². The lowest BCUT2D eigenvalue weighted by atomic mass is 10.2. The van der Waals surface area contributed by atoms with Gasteiger partial charge in [-0.2, -0.15) is 0 Å². The monoisotopic (exact) mass is 216 g/mol. The van der Waals surface area contributed by atoms with Crippen LogP contribution in [0.4, 0.5) is 0 Å². The second kappa shape index (κ2) is 9.45. The highest BCUT2D eigenvalue weighted by Crippen LogP contribution is 1.99. The summed E-state index contributed by atoms with van der Waals surface area (Å²) >= 11 is 0. The van der Waals surface area contributed by atoms with Crippen LogP contribution in [-0.4, -0.2) is 37.1 Å². The molecule has 0 aliphatic heterocycles. The molecule has 0 unspecified atom stereocenters. The normalized spacial score (nSPS) is 9.93. The molecule has 1 amide bonds. The lowest BCUT2D eigenvalue weighted by Gasteiger charge is -2.04. The van der Waals surface area contributed by atoms with Crippen molar-refractivity contribution >= 4 is 11.9 Å². The average molecular weight is 216 g/mol. The average Bonchev–Trinajstić information content (AvgIpc) is 2.19. The summed E-state index contributed by atoms with van der Waals surface area (Å²) in [5, 5.41) is 14.1. The van der Waals surface area contributed by atoms with Crippen molar-refractivity contribution in [1.29, 1.82) is 0 Å². The molecule has 88 valence electrons. The summed E-state index contributed by atoms with van der Waals surface area (Å²) in [6.45, 7) is 1.57. The van der Waals surface area contributed by atoms with E-state index in [0.29, 0.717) is 25.8 Å². The van der Waals surface area contributed by atoms with Crippen LogP contribution in [0.15, 0.2) is 0 Å². The maximum absolute atomic E-state index is 11.2. The van der Waals surface area contributed by atoms with E-state index in [1.54, 1.807) is 0 Å². The number of hydrogen-bond donors (Lipinski definition) is 3. The van der Waals surface area contributed by atoms with E-state index in [9.17, 15) is 9.59 Å². The Hall–Kier alpha value is -1.10. The van der Waals surface area contributed by atoms with Gasteiger partial charge in [-0.1, -0.05) is 0 Å². The molecule has 0 rings (SSSR count). The molecule has 0 saturated carbocycles. The molecule has 5 nitrogen and oxygen atoms in total. The summed E-state index contributed by atoms with van der Waals surface area (Å²) in [5.41, 5.74) is 0. The van der Waals surface area contributed by atoms with Gasteiger partial charge in [0.15, 0.2) is 0 Å². The molecule has 0 radical (unpaired) electrons. The Morgan fingerprint density at radius 3 is 2.33 bits per heavy atom. The van der Waals surface area contributed by atoms with Crippen molar-refractivity contribution < 1.29 is 14.7 Å². The lowest BCUT2D eigenvalue weighted by Crippen LogP contribution is -2.26. The molecule has 0 aliphatic carbocycles. The van der Waals surface area contributed by atoms with Crippen molar-refractivity contribution in [2.75, 3.05) is 20.1 Å². The molecule has 0 fully saturated rings. The van der Waals surface area contributed by atoms with Crippen molar-refractivity contribution in [3.8, 4) is 0 Å². The van der Waals surface area contributed by atoms with Gasteiger partial charge in [0.1, 0.15) is 0 Å². The molecule has 3 N–H and O–H groups in total. The molecular formula is C10H20N2O3. The first-order valence-corrected chi connectivity index (χ1v) is 5.30. The summed E-state index contributed by atoms with van der Waals surface area (Å²) in [6.07, 6.45) is 2.70. The third-order valence-electron chi connectivity index (χ3n) is 1.97. The Bertz CT molecular complexity index is 195. The first-order chi connectivity index (χ1) is 7.16. The van der Waals surface area contributed by atoms with Crippen LogP contribution in [0.1, 0.15) is 32.1 Å². The smallest absolute Gasteiger partial charge is 0.303 e. The van der Waals surface area contributed by atoms with Crippen LogP contribution in [0, 0.1) is 0 Å². The number of carboxylic acid groups (broad SMARTS) is 1. The second-order valence-electron chi connectivity index (χ2n) is 3.41. The zero-order chi connectivity index (χ0) is 11.5. The summed E-state index contributed by atoms with van der Waals surface area (Å²) in [6, 6.07) is 0. The highest BCUT2D eigenvalue weighted by molar-refractivity contribution is 5.75. The summed E-state index contributed by atoms with van der Waals surface area (Å²) in [5.74, 6) is -0.791. The Labute approximate surface area is 90.2 Å². The lowest BCUT2D eigenvalue weighted by molar-refractivity contribution is -0.137. The fraction of sp³-hybridized carbons (Fsp3) is 0.800. The Kier molecular flexibility index (Phi) is 8.76. The number of unbranched alkanes of at least 4 members (excludes halogenated alkanes) is 1. The third kappa shape index (κ3) is 10.8. The fourth-order valence-electron chi connectivity index (χ4n) is 1.14. The van der Waals surface area contributed by atoms with Crippen molar-refractivity contribution in [2.45, 2.75) is 32.1 Å². The molecular weight excluding hydrogens is 196 g/mol. The molecule has 15 heavy (non-hydrogen) atoms. The van der Waals surface area contributed by atoms with Gasteiger partial charge in [-0.05, 0) is 32.9 Å². The number of amides is 1. The third-order valence-corrected chi connectivity index (χ3v) is 1.97. The molecule has 0 bridgehead atoms. The number of carboxylic acids is 1. The van der Waals surface area contributed by atoms with E-state index >= 15 is 0 Å². The molecule has 0 aromatic rings. The molecule has 0 aromatic carbocycles. The van der Waals surface area contributed by atoms with Gasteiger partial charge in [0, 0.05) is 19.4 Å². The summed E-state index contributed by atoms with van der Waals surface area (Å²) in [4.78, 5) is 21.4. The highest BCUT2D eigenvalue weighted by Gasteiger charge is 2.01.